The molecule has 4 atom stereocenters. The van der Waals surface area contributed by atoms with Crippen LogP contribution in [0.5, 0.6) is 0 Å². The number of aliphatic hydroxyl groups is 2. The Kier molecular flexibility index (Phi) is 33.7. The van der Waals surface area contributed by atoms with Crippen molar-refractivity contribution in [2.24, 2.45) is 0 Å². The predicted molar refractivity (Wildman–Crippen MR) is 220 cm³/mol. The van der Waals surface area contributed by atoms with E-state index in [2.05, 4.69) is 13.8 Å². The average molecular weight is 800 g/mol. The summed E-state index contributed by atoms with van der Waals surface area (Å²) in [5.74, 6) is -1.06. The van der Waals surface area contributed by atoms with Gasteiger partial charge in [0.05, 0.1) is 40.0 Å². The van der Waals surface area contributed by atoms with Gasteiger partial charge in [-0.05, 0) is 32.1 Å². The van der Waals surface area contributed by atoms with E-state index < -0.39 is 44.7 Å². The van der Waals surface area contributed by atoms with Crippen molar-refractivity contribution in [3.05, 3.63) is 48.6 Å². The van der Waals surface area contributed by atoms with Crippen LogP contribution in [0.1, 0.15) is 149 Å². The van der Waals surface area contributed by atoms with Crippen molar-refractivity contribution >= 4 is 19.8 Å². The van der Waals surface area contributed by atoms with E-state index in [4.69, 9.17) is 18.5 Å². The van der Waals surface area contributed by atoms with E-state index in [1.165, 1.54) is 51.4 Å². The van der Waals surface area contributed by atoms with Gasteiger partial charge in [-0.15, -0.1) is 0 Å². The zero-order valence-corrected chi connectivity index (χ0v) is 36.0. The number of allylic oxidation sites excluding steroid dienone is 6. The molecular formula is C43H78NO10P. The molecule has 0 fully saturated rings. The van der Waals surface area contributed by atoms with Crippen molar-refractivity contribution in [1.29, 1.82) is 0 Å². The maximum atomic E-state index is 12.7. The highest BCUT2D eigenvalue weighted by Crippen LogP contribution is 2.38. The topological polar surface area (TPSA) is 152 Å². The molecule has 320 valence electrons. The highest BCUT2D eigenvalue weighted by atomic mass is 31.2. The van der Waals surface area contributed by atoms with Gasteiger partial charge in [-0.2, -0.15) is 0 Å². The molecule has 0 amide bonds. The van der Waals surface area contributed by atoms with Crippen LogP contribution in [0.25, 0.3) is 0 Å². The first kappa shape index (κ1) is 52.9. The quantitative estimate of drug-likeness (QED) is 0.0205. The number of quaternary nitrogens is 1. The molecule has 0 aromatic rings. The van der Waals surface area contributed by atoms with Gasteiger partial charge in [0.2, 0.25) is 0 Å². The smallest absolute Gasteiger partial charge is 0.306 e. The van der Waals surface area contributed by atoms with Crippen molar-refractivity contribution < 1.29 is 52.3 Å². The van der Waals surface area contributed by atoms with Crippen LogP contribution < -0.4 is 4.89 Å². The van der Waals surface area contributed by atoms with Gasteiger partial charge in [0.1, 0.15) is 19.8 Å². The van der Waals surface area contributed by atoms with Crippen molar-refractivity contribution in [3.63, 3.8) is 0 Å². The Morgan fingerprint density at radius 1 is 0.655 bits per heavy atom. The number of hydrogen-bond donors (Lipinski definition) is 2. The summed E-state index contributed by atoms with van der Waals surface area (Å²) in [6, 6.07) is 0. The number of hydrogen-bond acceptors (Lipinski definition) is 10. The normalized spacial score (nSPS) is 15.3. The van der Waals surface area contributed by atoms with Crippen LogP contribution in [-0.2, 0) is 32.7 Å². The first-order valence-electron chi connectivity index (χ1n) is 21.1. The third-order valence-corrected chi connectivity index (χ3v) is 9.77. The molecule has 0 spiro atoms. The van der Waals surface area contributed by atoms with Gasteiger partial charge < -0.3 is 38.1 Å². The second kappa shape index (κ2) is 35.1. The van der Waals surface area contributed by atoms with E-state index in [0.29, 0.717) is 36.7 Å². The van der Waals surface area contributed by atoms with Crippen LogP contribution >= 0.6 is 7.82 Å². The zero-order valence-electron chi connectivity index (χ0n) is 35.1. The Bertz CT molecular complexity index is 1120. The molecule has 2 N–H and O–H groups in total. The highest BCUT2D eigenvalue weighted by molar-refractivity contribution is 7.45. The van der Waals surface area contributed by atoms with Gasteiger partial charge in [-0.25, -0.2) is 0 Å². The molecule has 12 heteroatoms. The van der Waals surface area contributed by atoms with E-state index in [9.17, 15) is 29.3 Å². The number of carbonyl (C=O) groups excluding carboxylic acids is 2. The Morgan fingerprint density at radius 2 is 1.15 bits per heavy atom. The second-order valence-electron chi connectivity index (χ2n) is 15.4. The second-order valence-corrected chi connectivity index (χ2v) is 16.8. The summed E-state index contributed by atoms with van der Waals surface area (Å²) in [5.41, 5.74) is 0. The van der Waals surface area contributed by atoms with E-state index in [1.807, 2.05) is 51.5 Å². The third-order valence-electron chi connectivity index (χ3n) is 8.81. The number of carbonyl (C=O) groups is 2. The van der Waals surface area contributed by atoms with Gasteiger partial charge in [-0.1, -0.05) is 152 Å². The molecule has 0 aliphatic carbocycles. The lowest BCUT2D eigenvalue weighted by Gasteiger charge is -2.28. The third kappa shape index (κ3) is 38.5. The SMILES string of the molecule is CCCCCCCCCCCCCCC(=O)OC[C@H](COP(=O)([O-])OCC[N+](C)(C)C)OC(=O)CCC[C@H](O)/C=C/C=C\C/C=C\C=C\[C@H](O)CCCCC. The molecule has 0 bridgehead atoms. The first-order chi connectivity index (χ1) is 26.3. The van der Waals surface area contributed by atoms with Crippen LogP contribution in [0.15, 0.2) is 48.6 Å². The molecule has 0 saturated carbocycles. The molecule has 0 saturated heterocycles. The van der Waals surface area contributed by atoms with Crippen molar-refractivity contribution in [3.8, 4) is 0 Å². The van der Waals surface area contributed by atoms with Gasteiger partial charge in [-0.3, -0.25) is 14.2 Å². The van der Waals surface area contributed by atoms with Gasteiger partial charge in [0.25, 0.3) is 7.82 Å². The fourth-order valence-corrected chi connectivity index (χ4v) is 6.13. The minimum atomic E-state index is -4.69. The fraction of sp³-hybridized carbons (Fsp3) is 0.767. The minimum Gasteiger partial charge on any atom is -0.756 e. The van der Waals surface area contributed by atoms with Gasteiger partial charge in [0, 0.05) is 12.8 Å². The summed E-state index contributed by atoms with van der Waals surface area (Å²) in [6.45, 7) is 3.84. The standard InChI is InChI=1S/C43H78NO10P/c1-6-8-10-11-12-13-14-15-16-20-23-27-33-42(47)51-37-41(38-53-55(49,50)52-36-35-44(3,4)5)54-43(48)34-28-32-40(46)31-26-22-19-17-18-21-25-30-39(45)29-24-9-7-2/h18-19,21-22,25-26,30-31,39-41,45-46H,6-17,20,23-24,27-29,32-38H2,1-5H3/b21-18-,22-19-,30-25+,31-26+/t39-,40-,41-/m1/s1. The molecule has 55 heavy (non-hydrogen) atoms. The fourth-order valence-electron chi connectivity index (χ4n) is 5.40. The molecular weight excluding hydrogens is 721 g/mol. The summed E-state index contributed by atoms with van der Waals surface area (Å²) in [7, 11) is 1.02. The molecule has 0 aromatic carbocycles. The number of rotatable bonds is 37. The van der Waals surface area contributed by atoms with E-state index in [1.54, 1.807) is 18.2 Å². The molecule has 0 rings (SSSR count). The van der Waals surface area contributed by atoms with Gasteiger partial charge in [0.15, 0.2) is 6.10 Å². The largest absolute Gasteiger partial charge is 0.756 e. The molecule has 0 radical (unpaired) electrons. The van der Waals surface area contributed by atoms with Crippen LogP contribution in [-0.4, -0.2) is 92.5 Å². The number of phosphoric ester groups is 1. The van der Waals surface area contributed by atoms with E-state index >= 15 is 0 Å². The van der Waals surface area contributed by atoms with Crippen LogP contribution in [0.2, 0.25) is 0 Å². The lowest BCUT2D eigenvalue weighted by atomic mass is 10.0. The zero-order chi connectivity index (χ0) is 41.0. The molecule has 0 aliphatic heterocycles. The molecule has 0 aromatic heterocycles. The molecule has 0 aliphatic rings. The number of unbranched alkanes of at least 4 members (excludes halogenated alkanes) is 13. The van der Waals surface area contributed by atoms with Crippen LogP contribution in [0.3, 0.4) is 0 Å². The lowest BCUT2D eigenvalue weighted by molar-refractivity contribution is -0.870. The minimum absolute atomic E-state index is 0.0231. The Labute approximate surface area is 334 Å². The number of nitrogens with zero attached hydrogens (tertiary/aromatic N) is 1. The van der Waals surface area contributed by atoms with Crippen molar-refractivity contribution in [1.82, 2.24) is 0 Å². The average Bonchev–Trinajstić information content (AvgIpc) is 3.12. The van der Waals surface area contributed by atoms with Crippen molar-refractivity contribution in [2.75, 3.05) is 47.5 Å². The Balaban J connectivity index is 4.65. The monoisotopic (exact) mass is 800 g/mol. The molecule has 11 nitrogen and oxygen atoms in total. The number of esters is 2. The van der Waals surface area contributed by atoms with E-state index in [-0.39, 0.29) is 26.1 Å². The summed E-state index contributed by atoms with van der Waals surface area (Å²) in [5, 5.41) is 20.2. The summed E-state index contributed by atoms with van der Waals surface area (Å²) in [6.07, 6.45) is 32.1. The van der Waals surface area contributed by atoms with E-state index in [0.717, 1.165) is 44.9 Å². The maximum absolute atomic E-state index is 12.7. The lowest BCUT2D eigenvalue weighted by Crippen LogP contribution is -2.37. The summed E-state index contributed by atoms with van der Waals surface area (Å²) < 4.78 is 33.6. The van der Waals surface area contributed by atoms with Crippen LogP contribution in [0.4, 0.5) is 0 Å². The number of ether oxygens (including phenoxy) is 2. The number of likely N-dealkylation sites (N-methyl/N-ethyl adjacent to an activating group) is 1. The maximum Gasteiger partial charge on any atom is 0.306 e. The number of aliphatic hydroxyl groups excluding tert-OH is 2. The van der Waals surface area contributed by atoms with Crippen LogP contribution in [0, 0.1) is 0 Å². The Morgan fingerprint density at radius 3 is 1.69 bits per heavy atom. The Hall–Kier alpha value is -2.11. The summed E-state index contributed by atoms with van der Waals surface area (Å²) >= 11 is 0. The van der Waals surface area contributed by atoms with Crippen molar-refractivity contribution in [2.45, 2.75) is 167 Å². The predicted octanol–water partition coefficient (Wildman–Crippen LogP) is 8.83. The van der Waals surface area contributed by atoms with Gasteiger partial charge >= 0.3 is 11.9 Å². The number of phosphoric acid groups is 1. The first-order valence-corrected chi connectivity index (χ1v) is 22.5. The highest BCUT2D eigenvalue weighted by Gasteiger charge is 2.22. The summed E-state index contributed by atoms with van der Waals surface area (Å²) in [4.78, 5) is 37.4. The molecule has 1 unspecified atom stereocenters. The molecule has 0 heterocycles.